The number of para-hydroxylation sites is 1. The molecule has 4 aromatic heterocycles. The molecular weight excluding hydrogens is 428 g/mol. The van der Waals surface area contributed by atoms with Gasteiger partial charge >= 0.3 is 0 Å². The first kappa shape index (κ1) is 21.6. The van der Waals surface area contributed by atoms with Crippen molar-refractivity contribution in [3.8, 4) is 11.3 Å². The van der Waals surface area contributed by atoms with Gasteiger partial charge in [-0.3, -0.25) is 18.8 Å². The molecule has 0 spiro atoms. The van der Waals surface area contributed by atoms with E-state index in [1.807, 2.05) is 72.1 Å². The summed E-state index contributed by atoms with van der Waals surface area (Å²) in [4.78, 5) is 18.1. The Morgan fingerprint density at radius 1 is 0.971 bits per heavy atom. The lowest BCUT2D eigenvalue weighted by molar-refractivity contribution is 0.102. The van der Waals surface area contributed by atoms with Crippen LogP contribution < -0.4 is 5.32 Å². The van der Waals surface area contributed by atoms with Crippen LogP contribution in [0.5, 0.6) is 0 Å². The van der Waals surface area contributed by atoms with Gasteiger partial charge in [0.25, 0.3) is 5.91 Å². The number of hydrogen-bond donors (Lipinski definition) is 1. The van der Waals surface area contributed by atoms with E-state index >= 15 is 0 Å². The number of rotatable bonds is 7. The lowest BCUT2D eigenvalue weighted by Gasteiger charge is -2.09. The molecule has 1 N–H and O–H groups in total. The number of fused-ring (bicyclic) bond motifs is 1. The predicted molar refractivity (Wildman–Crippen MR) is 131 cm³/mol. The Hall–Kier alpha value is -4.27. The Bertz CT molecular complexity index is 1480. The molecule has 0 radical (unpaired) electrons. The van der Waals surface area contributed by atoms with Gasteiger partial charge in [0.05, 0.1) is 47.6 Å². The van der Waals surface area contributed by atoms with E-state index in [0.29, 0.717) is 23.5 Å². The SMILES string of the molecule is CCn1cc(-c2cc(C(=O)Nc3cnn(Cc4cnn(CC)c4C)c3)c3ccccc3n2)cn1. The van der Waals surface area contributed by atoms with Gasteiger partial charge in [-0.25, -0.2) is 4.98 Å². The number of aromatic nitrogens is 7. The molecule has 1 aromatic carbocycles. The minimum Gasteiger partial charge on any atom is -0.319 e. The lowest BCUT2D eigenvalue weighted by atomic mass is 10.0. The van der Waals surface area contributed by atoms with E-state index in [-0.39, 0.29) is 5.91 Å². The van der Waals surface area contributed by atoms with E-state index in [0.717, 1.165) is 40.8 Å². The van der Waals surface area contributed by atoms with Crippen molar-refractivity contribution in [2.24, 2.45) is 0 Å². The lowest BCUT2D eigenvalue weighted by Crippen LogP contribution is -2.12. The molecule has 0 saturated carbocycles. The van der Waals surface area contributed by atoms with Crippen LogP contribution in [0.4, 0.5) is 5.69 Å². The quantitative estimate of drug-likeness (QED) is 0.399. The largest absolute Gasteiger partial charge is 0.319 e. The Labute approximate surface area is 197 Å². The number of carbonyl (C=O) groups is 1. The normalized spacial score (nSPS) is 11.3. The Balaban J connectivity index is 1.42. The molecule has 0 fully saturated rings. The molecule has 5 aromatic rings. The van der Waals surface area contributed by atoms with Crippen molar-refractivity contribution in [1.82, 2.24) is 34.3 Å². The van der Waals surface area contributed by atoms with Crippen molar-refractivity contribution in [2.45, 2.75) is 40.4 Å². The van der Waals surface area contributed by atoms with E-state index in [4.69, 9.17) is 4.98 Å². The highest BCUT2D eigenvalue weighted by Crippen LogP contribution is 2.25. The second kappa shape index (κ2) is 8.93. The summed E-state index contributed by atoms with van der Waals surface area (Å²) in [6.07, 6.45) is 9.06. The second-order valence-electron chi connectivity index (χ2n) is 8.11. The minimum absolute atomic E-state index is 0.211. The monoisotopic (exact) mass is 454 g/mol. The van der Waals surface area contributed by atoms with Crippen LogP contribution in [0.3, 0.4) is 0 Å². The van der Waals surface area contributed by atoms with Crippen LogP contribution in [-0.4, -0.2) is 40.2 Å². The number of amides is 1. The number of benzene rings is 1. The molecule has 0 aliphatic rings. The number of carbonyl (C=O) groups excluding carboxylic acids is 1. The Kier molecular flexibility index (Phi) is 5.67. The van der Waals surface area contributed by atoms with E-state index < -0.39 is 0 Å². The molecule has 0 unspecified atom stereocenters. The van der Waals surface area contributed by atoms with E-state index in [2.05, 4.69) is 27.5 Å². The fraction of sp³-hybridized carbons (Fsp3) is 0.240. The van der Waals surface area contributed by atoms with Crippen molar-refractivity contribution < 1.29 is 4.79 Å². The van der Waals surface area contributed by atoms with Crippen LogP contribution >= 0.6 is 0 Å². The zero-order valence-corrected chi connectivity index (χ0v) is 19.4. The highest BCUT2D eigenvalue weighted by atomic mass is 16.1. The topological polar surface area (TPSA) is 95.5 Å². The fourth-order valence-corrected chi connectivity index (χ4v) is 4.03. The van der Waals surface area contributed by atoms with Gasteiger partial charge in [0.2, 0.25) is 0 Å². The van der Waals surface area contributed by atoms with Gasteiger partial charge < -0.3 is 5.32 Å². The maximum absolute atomic E-state index is 13.3. The van der Waals surface area contributed by atoms with Crippen LogP contribution in [0, 0.1) is 6.92 Å². The van der Waals surface area contributed by atoms with Crippen LogP contribution in [0.15, 0.2) is 61.3 Å². The van der Waals surface area contributed by atoms with Gasteiger partial charge in [-0.2, -0.15) is 15.3 Å². The van der Waals surface area contributed by atoms with Gasteiger partial charge in [-0.15, -0.1) is 0 Å². The maximum Gasteiger partial charge on any atom is 0.256 e. The van der Waals surface area contributed by atoms with Crippen LogP contribution in [0.2, 0.25) is 0 Å². The number of aryl methyl sites for hydroxylation is 2. The van der Waals surface area contributed by atoms with Crippen LogP contribution in [0.1, 0.15) is 35.5 Å². The predicted octanol–water partition coefficient (Wildman–Crippen LogP) is 4.14. The number of nitrogens with zero attached hydrogens (tertiary/aromatic N) is 7. The van der Waals surface area contributed by atoms with Gasteiger partial charge in [0.1, 0.15) is 0 Å². The molecule has 0 aliphatic heterocycles. The fourth-order valence-electron chi connectivity index (χ4n) is 4.03. The van der Waals surface area contributed by atoms with Crippen molar-refractivity contribution >= 4 is 22.5 Å². The highest BCUT2D eigenvalue weighted by Gasteiger charge is 2.16. The number of nitrogens with one attached hydrogen (secondary N) is 1. The van der Waals surface area contributed by atoms with Gasteiger partial charge in [-0.05, 0) is 32.9 Å². The Morgan fingerprint density at radius 2 is 1.79 bits per heavy atom. The first-order chi connectivity index (χ1) is 16.6. The molecule has 9 heteroatoms. The zero-order valence-electron chi connectivity index (χ0n) is 19.4. The third-order valence-electron chi connectivity index (χ3n) is 5.94. The standard InChI is InChI=1S/C25H26N8O/c1-4-31-15-19(12-26-31)24-10-22(21-8-6-7-9-23(21)30-24)25(34)29-20-13-27-32(16-20)14-18-11-28-33(5-2)17(18)3/h6-13,15-16H,4-5,14H2,1-3H3,(H,29,34). The molecule has 34 heavy (non-hydrogen) atoms. The van der Waals surface area contributed by atoms with Crippen molar-refractivity contribution in [2.75, 3.05) is 5.32 Å². The van der Waals surface area contributed by atoms with Gasteiger partial charge in [0, 0.05) is 47.7 Å². The summed E-state index contributed by atoms with van der Waals surface area (Å²) in [5.41, 5.74) is 5.74. The molecule has 4 heterocycles. The summed E-state index contributed by atoms with van der Waals surface area (Å²) < 4.78 is 5.60. The van der Waals surface area contributed by atoms with Crippen LogP contribution in [-0.2, 0) is 19.6 Å². The summed E-state index contributed by atoms with van der Waals surface area (Å²) in [6, 6.07) is 9.47. The Morgan fingerprint density at radius 3 is 2.56 bits per heavy atom. The van der Waals surface area contributed by atoms with Crippen LogP contribution in [0.25, 0.3) is 22.2 Å². The molecular formula is C25H26N8O. The molecule has 5 rings (SSSR count). The summed E-state index contributed by atoms with van der Waals surface area (Å²) in [5, 5.41) is 16.9. The molecule has 172 valence electrons. The first-order valence-electron chi connectivity index (χ1n) is 11.3. The van der Waals surface area contributed by atoms with Gasteiger partial charge in [0.15, 0.2) is 0 Å². The minimum atomic E-state index is -0.211. The molecule has 0 bridgehead atoms. The number of anilines is 1. The van der Waals surface area contributed by atoms with Gasteiger partial charge in [-0.1, -0.05) is 18.2 Å². The van der Waals surface area contributed by atoms with E-state index in [1.54, 1.807) is 17.1 Å². The number of pyridine rings is 1. The smallest absolute Gasteiger partial charge is 0.256 e. The summed E-state index contributed by atoms with van der Waals surface area (Å²) in [6.45, 7) is 8.33. The molecule has 0 aliphatic carbocycles. The highest BCUT2D eigenvalue weighted by molar-refractivity contribution is 6.13. The summed E-state index contributed by atoms with van der Waals surface area (Å²) in [5.74, 6) is -0.211. The van der Waals surface area contributed by atoms with Crippen molar-refractivity contribution in [3.05, 3.63) is 78.1 Å². The molecule has 0 saturated heterocycles. The molecule has 1 amide bonds. The number of hydrogen-bond acceptors (Lipinski definition) is 5. The third-order valence-corrected chi connectivity index (χ3v) is 5.94. The summed E-state index contributed by atoms with van der Waals surface area (Å²) in [7, 11) is 0. The third kappa shape index (κ3) is 4.07. The average Bonchev–Trinajstić information content (AvgIpc) is 3.59. The van der Waals surface area contributed by atoms with Crippen molar-refractivity contribution in [3.63, 3.8) is 0 Å². The second-order valence-corrected chi connectivity index (χ2v) is 8.11. The average molecular weight is 455 g/mol. The first-order valence-corrected chi connectivity index (χ1v) is 11.3. The zero-order chi connectivity index (χ0) is 23.7. The summed E-state index contributed by atoms with van der Waals surface area (Å²) >= 11 is 0. The van der Waals surface area contributed by atoms with E-state index in [9.17, 15) is 4.79 Å². The van der Waals surface area contributed by atoms with Crippen molar-refractivity contribution in [1.29, 1.82) is 0 Å². The van der Waals surface area contributed by atoms with E-state index in [1.165, 1.54) is 0 Å². The molecule has 9 nitrogen and oxygen atoms in total. The maximum atomic E-state index is 13.3. The molecule has 0 atom stereocenters.